The average Bonchev–Trinajstić information content (AvgIpc) is 2.72. The lowest BCUT2D eigenvalue weighted by molar-refractivity contribution is -0.392. The second-order valence-electron chi connectivity index (χ2n) is 4.46. The van der Waals surface area contributed by atoms with E-state index in [1.807, 2.05) is 31.2 Å². The van der Waals surface area contributed by atoms with E-state index in [1.165, 1.54) is 10.8 Å². The number of aromatic nitrogens is 2. The first-order chi connectivity index (χ1) is 8.99. The van der Waals surface area contributed by atoms with E-state index in [0.717, 1.165) is 11.1 Å². The summed E-state index contributed by atoms with van der Waals surface area (Å²) in [6.45, 7) is 3.75. The minimum Gasteiger partial charge on any atom is -0.384 e. The molecule has 6 heteroatoms. The monoisotopic (exact) mass is 261 g/mol. The summed E-state index contributed by atoms with van der Waals surface area (Å²) in [5.74, 6) is 0.404. The van der Waals surface area contributed by atoms with Crippen molar-refractivity contribution in [3.05, 3.63) is 57.5 Å². The fourth-order valence-electron chi connectivity index (χ4n) is 1.89. The van der Waals surface area contributed by atoms with Gasteiger partial charge in [-0.3, -0.25) is 0 Å². The molecule has 100 valence electrons. The molecule has 2 rings (SSSR count). The molecule has 19 heavy (non-hydrogen) atoms. The van der Waals surface area contributed by atoms with Gasteiger partial charge in [0, 0.05) is 6.92 Å². The number of aryl methyl sites for hydroxylation is 2. The Morgan fingerprint density at radius 2 is 2.00 bits per heavy atom. The summed E-state index contributed by atoms with van der Waals surface area (Å²) < 4.78 is 1.41. The zero-order chi connectivity index (χ0) is 14.0. The molecule has 1 aromatic heterocycles. The van der Waals surface area contributed by atoms with Crippen molar-refractivity contribution in [3.8, 4) is 0 Å². The summed E-state index contributed by atoms with van der Waals surface area (Å²) in [5.41, 5.74) is 1.83. The maximum absolute atomic E-state index is 10.9. The molecule has 1 N–H and O–H groups in total. The second kappa shape index (κ2) is 5.19. The molecule has 6 nitrogen and oxygen atoms in total. The fourth-order valence-corrected chi connectivity index (χ4v) is 1.89. The van der Waals surface area contributed by atoms with Crippen molar-refractivity contribution in [2.45, 2.75) is 26.5 Å². The molecule has 0 saturated carbocycles. The Bertz CT molecular complexity index is 590. The van der Waals surface area contributed by atoms with Gasteiger partial charge in [0.25, 0.3) is 0 Å². The molecule has 1 atom stereocenters. The number of aliphatic hydroxyl groups excluding tert-OH is 1. The molecule has 0 fully saturated rings. The van der Waals surface area contributed by atoms with Gasteiger partial charge in [0.15, 0.2) is 5.82 Å². The van der Waals surface area contributed by atoms with Crippen LogP contribution in [0.15, 0.2) is 30.5 Å². The Kier molecular flexibility index (Phi) is 3.62. The number of aliphatic hydroxyl groups is 1. The molecule has 0 amide bonds. The minimum absolute atomic E-state index is 0.108. The van der Waals surface area contributed by atoms with Crippen molar-refractivity contribution in [1.82, 2.24) is 9.55 Å². The summed E-state index contributed by atoms with van der Waals surface area (Å²) >= 11 is 0. The van der Waals surface area contributed by atoms with Crippen LogP contribution >= 0.6 is 0 Å². The van der Waals surface area contributed by atoms with Crippen LogP contribution in [0.2, 0.25) is 0 Å². The Hall–Kier alpha value is -2.21. The molecule has 1 aromatic carbocycles. The standard InChI is InChI=1S/C13H15N3O3/c1-9-3-5-11(6-4-9)12(17)8-15-10(2)14-7-13(15)16(18)19/h3-7,12,17H,8H2,1-2H3. The highest BCUT2D eigenvalue weighted by Gasteiger charge is 2.21. The van der Waals surface area contributed by atoms with E-state index in [-0.39, 0.29) is 12.4 Å². The van der Waals surface area contributed by atoms with E-state index < -0.39 is 11.0 Å². The van der Waals surface area contributed by atoms with Crippen LogP contribution in [-0.4, -0.2) is 19.6 Å². The molecular weight excluding hydrogens is 246 g/mol. The molecule has 2 aromatic rings. The molecule has 0 saturated heterocycles. The van der Waals surface area contributed by atoms with E-state index in [2.05, 4.69) is 4.98 Å². The van der Waals surface area contributed by atoms with E-state index >= 15 is 0 Å². The third-order valence-electron chi connectivity index (χ3n) is 3.04. The number of rotatable bonds is 4. The molecule has 0 aliphatic heterocycles. The molecular formula is C13H15N3O3. The molecule has 0 aliphatic rings. The number of hydrogen-bond donors (Lipinski definition) is 1. The van der Waals surface area contributed by atoms with Gasteiger partial charge in [-0.2, -0.15) is 0 Å². The van der Waals surface area contributed by atoms with Crippen LogP contribution < -0.4 is 0 Å². The van der Waals surface area contributed by atoms with Crippen LogP contribution in [0.3, 0.4) is 0 Å². The van der Waals surface area contributed by atoms with Gasteiger partial charge in [-0.25, -0.2) is 9.55 Å². The third-order valence-corrected chi connectivity index (χ3v) is 3.04. The first-order valence-corrected chi connectivity index (χ1v) is 5.90. The highest BCUT2D eigenvalue weighted by Crippen LogP contribution is 2.21. The van der Waals surface area contributed by atoms with Gasteiger partial charge in [0.2, 0.25) is 0 Å². The molecule has 1 heterocycles. The normalized spacial score (nSPS) is 12.4. The first-order valence-electron chi connectivity index (χ1n) is 5.90. The Labute approximate surface area is 110 Å². The third kappa shape index (κ3) is 2.79. The van der Waals surface area contributed by atoms with E-state index in [4.69, 9.17) is 0 Å². The largest absolute Gasteiger partial charge is 0.384 e. The number of nitrogens with zero attached hydrogens (tertiary/aromatic N) is 3. The lowest BCUT2D eigenvalue weighted by Crippen LogP contribution is -2.12. The van der Waals surface area contributed by atoms with Gasteiger partial charge in [0.1, 0.15) is 18.8 Å². The number of hydrogen-bond acceptors (Lipinski definition) is 4. The van der Waals surface area contributed by atoms with Crippen LogP contribution in [0.25, 0.3) is 0 Å². The van der Waals surface area contributed by atoms with Crippen LogP contribution in [0.4, 0.5) is 5.82 Å². The van der Waals surface area contributed by atoms with E-state index in [1.54, 1.807) is 6.92 Å². The fraction of sp³-hybridized carbons (Fsp3) is 0.308. The molecule has 0 spiro atoms. The van der Waals surface area contributed by atoms with Gasteiger partial charge in [-0.05, 0) is 17.4 Å². The van der Waals surface area contributed by atoms with Crippen LogP contribution in [-0.2, 0) is 6.54 Å². The van der Waals surface area contributed by atoms with Crippen molar-refractivity contribution in [1.29, 1.82) is 0 Å². The van der Waals surface area contributed by atoms with Crippen molar-refractivity contribution >= 4 is 5.82 Å². The quantitative estimate of drug-likeness (QED) is 0.675. The summed E-state index contributed by atoms with van der Waals surface area (Å²) in [6, 6.07) is 7.43. The zero-order valence-corrected chi connectivity index (χ0v) is 10.8. The Balaban J connectivity index is 2.23. The number of imidazole rings is 1. The van der Waals surface area contributed by atoms with Crippen molar-refractivity contribution in [2.24, 2.45) is 0 Å². The Morgan fingerprint density at radius 3 is 2.58 bits per heavy atom. The predicted molar refractivity (Wildman–Crippen MR) is 69.8 cm³/mol. The maximum atomic E-state index is 10.9. The smallest absolute Gasteiger partial charge is 0.342 e. The van der Waals surface area contributed by atoms with Crippen molar-refractivity contribution in [3.63, 3.8) is 0 Å². The molecule has 0 radical (unpaired) electrons. The zero-order valence-electron chi connectivity index (χ0n) is 10.8. The Morgan fingerprint density at radius 1 is 1.37 bits per heavy atom. The summed E-state index contributed by atoms with van der Waals surface area (Å²) in [7, 11) is 0. The van der Waals surface area contributed by atoms with Crippen LogP contribution in [0.1, 0.15) is 23.1 Å². The average molecular weight is 261 g/mol. The first kappa shape index (κ1) is 13.2. The predicted octanol–water partition coefficient (Wildman–Crippen LogP) is 2.14. The lowest BCUT2D eigenvalue weighted by Gasteiger charge is -2.11. The van der Waals surface area contributed by atoms with E-state index in [0.29, 0.717) is 5.82 Å². The molecule has 1 unspecified atom stereocenters. The summed E-state index contributed by atoms with van der Waals surface area (Å²) in [4.78, 5) is 14.3. The summed E-state index contributed by atoms with van der Waals surface area (Å²) in [5, 5.41) is 21.0. The second-order valence-corrected chi connectivity index (χ2v) is 4.46. The van der Waals surface area contributed by atoms with Crippen molar-refractivity contribution < 1.29 is 10.0 Å². The van der Waals surface area contributed by atoms with Gasteiger partial charge < -0.3 is 15.2 Å². The SMILES string of the molecule is Cc1ccc(C(O)Cn2c([N+](=O)[O-])cnc2C)cc1. The molecule has 0 aliphatic carbocycles. The minimum atomic E-state index is -0.799. The highest BCUT2D eigenvalue weighted by molar-refractivity contribution is 5.24. The number of nitro groups is 1. The van der Waals surface area contributed by atoms with Gasteiger partial charge in [-0.15, -0.1) is 0 Å². The summed E-state index contributed by atoms with van der Waals surface area (Å²) in [6.07, 6.45) is 0.407. The number of benzene rings is 1. The molecule has 0 bridgehead atoms. The van der Waals surface area contributed by atoms with Crippen molar-refractivity contribution in [2.75, 3.05) is 0 Å². The maximum Gasteiger partial charge on any atom is 0.342 e. The highest BCUT2D eigenvalue weighted by atomic mass is 16.6. The van der Waals surface area contributed by atoms with Crippen LogP contribution in [0, 0.1) is 24.0 Å². The van der Waals surface area contributed by atoms with E-state index in [9.17, 15) is 15.2 Å². The lowest BCUT2D eigenvalue weighted by atomic mass is 10.1. The topological polar surface area (TPSA) is 81.2 Å². The van der Waals surface area contributed by atoms with Crippen LogP contribution in [0.5, 0.6) is 0 Å². The van der Waals surface area contributed by atoms with Gasteiger partial charge >= 0.3 is 5.82 Å². The van der Waals surface area contributed by atoms with Gasteiger partial charge in [0.05, 0.1) is 0 Å². The van der Waals surface area contributed by atoms with Gasteiger partial charge in [-0.1, -0.05) is 29.8 Å².